The molecule has 1 aliphatic carbocycles. The number of phenols is 1. The zero-order valence-corrected chi connectivity index (χ0v) is 28.7. The van der Waals surface area contributed by atoms with E-state index in [9.17, 15) is 20.1 Å². The van der Waals surface area contributed by atoms with Crippen LogP contribution in [0.2, 0.25) is 0 Å². The second kappa shape index (κ2) is 17.2. The van der Waals surface area contributed by atoms with E-state index in [2.05, 4.69) is 22.2 Å². The molecule has 260 valence electrons. The maximum atomic E-state index is 12.1. The summed E-state index contributed by atoms with van der Waals surface area (Å²) in [6, 6.07) is 16.3. The minimum Gasteiger partial charge on any atom is -0.506 e. The maximum absolute atomic E-state index is 12.1. The molecule has 1 unspecified atom stereocenters. The summed E-state index contributed by atoms with van der Waals surface area (Å²) in [6.45, 7) is 2.91. The minimum atomic E-state index is -1.19. The van der Waals surface area contributed by atoms with Gasteiger partial charge in [0.15, 0.2) is 5.60 Å². The minimum absolute atomic E-state index is 0.0321. The molecule has 2 atom stereocenters. The second-order valence-electron chi connectivity index (χ2n) is 13.7. The van der Waals surface area contributed by atoms with Crippen molar-refractivity contribution in [1.82, 2.24) is 19.8 Å². The van der Waals surface area contributed by atoms with Crippen molar-refractivity contribution in [1.29, 1.82) is 0 Å². The molecule has 4 N–H and O–H groups in total. The van der Waals surface area contributed by atoms with Crippen molar-refractivity contribution in [3.8, 4) is 5.75 Å². The topological polar surface area (TPSA) is 124 Å². The van der Waals surface area contributed by atoms with Crippen LogP contribution in [-0.4, -0.2) is 56.5 Å². The number of hydrogen-bond donors (Lipinski definition) is 4. The average Bonchev–Trinajstić information content (AvgIpc) is 3.58. The van der Waals surface area contributed by atoms with Crippen molar-refractivity contribution in [2.45, 2.75) is 95.3 Å². The number of oxazole rings is 1. The largest absolute Gasteiger partial charge is 0.506 e. The summed E-state index contributed by atoms with van der Waals surface area (Å²) in [4.78, 5) is 18.9. The highest BCUT2D eigenvalue weighted by molar-refractivity contribution is 5.88. The maximum Gasteiger partial charge on any atom is 0.250 e. The molecule has 48 heavy (non-hydrogen) atoms. The van der Waals surface area contributed by atoms with Gasteiger partial charge in [0.05, 0.1) is 24.4 Å². The van der Waals surface area contributed by atoms with Crippen LogP contribution in [0.3, 0.4) is 0 Å². The van der Waals surface area contributed by atoms with Crippen LogP contribution in [0, 0.1) is 5.92 Å². The molecule has 0 bridgehead atoms. The van der Waals surface area contributed by atoms with Crippen LogP contribution < -0.4 is 10.9 Å². The molecular weight excluding hydrogens is 604 g/mol. The molecule has 5 rings (SSSR count). The Balaban J connectivity index is 0.953. The lowest BCUT2D eigenvalue weighted by atomic mass is 9.73. The van der Waals surface area contributed by atoms with E-state index in [-0.39, 0.29) is 17.2 Å². The molecule has 4 aromatic rings. The highest BCUT2D eigenvalue weighted by Gasteiger charge is 2.44. The molecular formula is C39H54N4O5. The second-order valence-corrected chi connectivity index (χ2v) is 13.7. The third-order valence-corrected chi connectivity index (χ3v) is 10.1. The summed E-state index contributed by atoms with van der Waals surface area (Å²) in [5.74, 6) is 1.36. The lowest BCUT2D eigenvalue weighted by Crippen LogP contribution is -2.38. The van der Waals surface area contributed by atoms with Crippen molar-refractivity contribution in [3.63, 3.8) is 0 Å². The molecule has 2 heterocycles. The zero-order chi connectivity index (χ0) is 33.9. The normalized spacial score (nSPS) is 16.0. The Hall–Kier alpha value is -3.50. The Morgan fingerprint density at radius 3 is 2.44 bits per heavy atom. The number of nitrogens with one attached hydrogen (secondary N) is 1. The number of aliphatic hydroxyl groups is 2. The molecule has 1 aliphatic rings. The number of aromatic hydroxyl groups is 1. The average molecular weight is 659 g/mol. The molecule has 0 amide bonds. The van der Waals surface area contributed by atoms with E-state index in [1.54, 1.807) is 25.4 Å². The summed E-state index contributed by atoms with van der Waals surface area (Å²) in [6.07, 6.45) is 14.7. The molecule has 0 spiro atoms. The third kappa shape index (κ3) is 8.74. The van der Waals surface area contributed by atoms with Crippen LogP contribution in [0.1, 0.15) is 106 Å². The number of nitrogens with zero attached hydrogens (tertiary/aromatic N) is 3. The molecule has 9 heteroatoms. The highest BCUT2D eigenvalue weighted by Crippen LogP contribution is 2.43. The van der Waals surface area contributed by atoms with E-state index in [0.717, 1.165) is 69.4 Å². The Morgan fingerprint density at radius 1 is 0.979 bits per heavy atom. The summed E-state index contributed by atoms with van der Waals surface area (Å²) in [5, 5.41) is 37.1. The fourth-order valence-corrected chi connectivity index (χ4v) is 7.32. The quantitative estimate of drug-likeness (QED) is 0.0890. The number of hydrogen-bond acceptors (Lipinski definition) is 8. The summed E-state index contributed by atoms with van der Waals surface area (Å²) >= 11 is 0. The summed E-state index contributed by atoms with van der Waals surface area (Å²) in [5.41, 5.74) is 0.616. The molecule has 0 radical (unpaired) electrons. The van der Waals surface area contributed by atoms with Crippen molar-refractivity contribution in [2.75, 3.05) is 26.7 Å². The van der Waals surface area contributed by atoms with Gasteiger partial charge in [-0.1, -0.05) is 87.8 Å². The van der Waals surface area contributed by atoms with Gasteiger partial charge in [0, 0.05) is 31.0 Å². The van der Waals surface area contributed by atoms with Gasteiger partial charge in [-0.15, -0.1) is 0 Å². The van der Waals surface area contributed by atoms with Gasteiger partial charge in [0.2, 0.25) is 5.89 Å². The van der Waals surface area contributed by atoms with Gasteiger partial charge in [0.1, 0.15) is 11.5 Å². The van der Waals surface area contributed by atoms with E-state index in [1.165, 1.54) is 48.8 Å². The first kappa shape index (κ1) is 35.8. The van der Waals surface area contributed by atoms with Crippen molar-refractivity contribution in [2.24, 2.45) is 13.0 Å². The Bertz CT molecular complexity index is 1630. The first-order valence-corrected chi connectivity index (χ1v) is 17.9. The Morgan fingerprint density at radius 2 is 1.69 bits per heavy atom. The van der Waals surface area contributed by atoms with Crippen molar-refractivity contribution in [3.05, 3.63) is 93.9 Å². The van der Waals surface area contributed by atoms with Crippen LogP contribution in [0.25, 0.3) is 10.9 Å². The van der Waals surface area contributed by atoms with Gasteiger partial charge in [-0.3, -0.25) is 9.69 Å². The van der Waals surface area contributed by atoms with Crippen LogP contribution in [0.15, 0.2) is 70.0 Å². The van der Waals surface area contributed by atoms with Gasteiger partial charge in [-0.05, 0) is 69.1 Å². The van der Waals surface area contributed by atoms with E-state index >= 15 is 0 Å². The molecule has 2 aromatic carbocycles. The number of phenolic OH excluding ortho intramolecular Hbond substituents is 1. The lowest BCUT2D eigenvalue weighted by molar-refractivity contribution is -0.0242. The molecule has 1 fully saturated rings. The number of unbranched alkanes of at least 4 members (excludes halogenated alkanes) is 6. The van der Waals surface area contributed by atoms with Gasteiger partial charge >= 0.3 is 0 Å². The molecule has 1 saturated carbocycles. The number of fused-ring (bicyclic) bond motifs is 1. The van der Waals surface area contributed by atoms with Crippen LogP contribution >= 0.6 is 0 Å². The lowest BCUT2D eigenvalue weighted by Gasteiger charge is -2.36. The van der Waals surface area contributed by atoms with E-state index < -0.39 is 11.7 Å². The highest BCUT2D eigenvalue weighted by atomic mass is 16.4. The molecule has 9 nitrogen and oxygen atoms in total. The monoisotopic (exact) mass is 658 g/mol. The zero-order valence-electron chi connectivity index (χ0n) is 28.7. The predicted molar refractivity (Wildman–Crippen MR) is 190 cm³/mol. The number of rotatable bonds is 18. The first-order chi connectivity index (χ1) is 23.3. The van der Waals surface area contributed by atoms with Gasteiger partial charge in [-0.2, -0.15) is 0 Å². The standard InChI is InChI=1S/C39H54N4O5/c1-42(28-31-26-41-38(48-31)39(47,29-16-10-8-11-17-29)30-18-12-9-13-19-30)25-15-7-5-3-4-6-14-24-40-27-35(45)32-20-22-34(44)37-33(32)21-23-36(46)43(37)2/h8,10-11,16-17,20-23,26,30,35,40,44-45,47H,3-7,9,12-15,18-19,24-25,27-28H2,1-2H3/t35-,39?/m0/s1. The predicted octanol–water partition coefficient (Wildman–Crippen LogP) is 6.53. The molecule has 0 aliphatic heterocycles. The number of aryl methyl sites for hydroxylation is 1. The fraction of sp³-hybridized carbons (Fsp3) is 0.538. The van der Waals surface area contributed by atoms with Crippen molar-refractivity contribution < 1.29 is 19.7 Å². The van der Waals surface area contributed by atoms with Gasteiger partial charge in [0.25, 0.3) is 5.56 Å². The Kier molecular flexibility index (Phi) is 12.9. The molecule has 0 saturated heterocycles. The third-order valence-electron chi connectivity index (χ3n) is 10.1. The summed E-state index contributed by atoms with van der Waals surface area (Å²) < 4.78 is 7.66. The number of pyridine rings is 1. The van der Waals surface area contributed by atoms with Gasteiger partial charge in [-0.25, -0.2) is 4.98 Å². The summed E-state index contributed by atoms with van der Waals surface area (Å²) in [7, 11) is 3.74. The fourth-order valence-electron chi connectivity index (χ4n) is 7.32. The van der Waals surface area contributed by atoms with Crippen LogP contribution in [0.5, 0.6) is 5.75 Å². The number of benzene rings is 2. The molecule has 2 aromatic heterocycles. The van der Waals surface area contributed by atoms with Gasteiger partial charge < -0.3 is 29.6 Å². The SMILES string of the molecule is CN(CCCCCCCCCNC[C@H](O)c1ccc(O)c2c1ccc(=O)n2C)Cc1cnc(C(O)(c2ccccc2)C2CCCCC2)o1. The van der Waals surface area contributed by atoms with Crippen LogP contribution in [0.4, 0.5) is 0 Å². The first-order valence-electron chi connectivity index (χ1n) is 17.9. The number of aromatic nitrogens is 2. The number of aliphatic hydroxyl groups excluding tert-OH is 1. The smallest absolute Gasteiger partial charge is 0.250 e. The van der Waals surface area contributed by atoms with Crippen LogP contribution in [-0.2, 0) is 19.2 Å². The van der Waals surface area contributed by atoms with E-state index in [4.69, 9.17) is 4.42 Å². The Labute approximate surface area is 284 Å². The van der Waals surface area contributed by atoms with E-state index in [0.29, 0.717) is 35.4 Å². The van der Waals surface area contributed by atoms with Crippen molar-refractivity contribution >= 4 is 10.9 Å². The van der Waals surface area contributed by atoms with E-state index in [1.807, 2.05) is 30.3 Å².